The molecule has 0 amide bonds. The summed E-state index contributed by atoms with van der Waals surface area (Å²) in [5, 5.41) is 1.18. The van der Waals surface area contributed by atoms with Gasteiger partial charge in [-0.25, -0.2) is 0 Å². The standard InChI is InChI=1S/C15H13N3S/c16-15(19)13-4-3-12-5-7-18(14(12)8-13)10-11-2-1-6-17-9-11/h1-9H,10H2,(H2,16,19). The lowest BCUT2D eigenvalue weighted by Crippen LogP contribution is -2.09. The van der Waals surface area contributed by atoms with E-state index in [1.807, 2.05) is 30.5 Å². The number of hydrogen-bond donors (Lipinski definition) is 1. The lowest BCUT2D eigenvalue weighted by Gasteiger charge is -2.06. The van der Waals surface area contributed by atoms with Gasteiger partial charge in [0.15, 0.2) is 0 Å². The van der Waals surface area contributed by atoms with Crippen LogP contribution in [0.4, 0.5) is 0 Å². The Kier molecular flexibility index (Phi) is 3.01. The largest absolute Gasteiger partial charge is 0.389 e. The summed E-state index contributed by atoms with van der Waals surface area (Å²) in [5.41, 5.74) is 8.89. The van der Waals surface area contributed by atoms with Crippen LogP contribution in [-0.2, 0) is 6.54 Å². The maximum Gasteiger partial charge on any atom is 0.104 e. The third kappa shape index (κ3) is 2.35. The summed E-state index contributed by atoms with van der Waals surface area (Å²) in [7, 11) is 0. The van der Waals surface area contributed by atoms with Gasteiger partial charge in [-0.15, -0.1) is 0 Å². The van der Waals surface area contributed by atoms with E-state index in [0.717, 1.165) is 17.6 Å². The quantitative estimate of drug-likeness (QED) is 0.742. The molecule has 3 aromatic rings. The molecule has 0 fully saturated rings. The van der Waals surface area contributed by atoms with Gasteiger partial charge in [0.25, 0.3) is 0 Å². The van der Waals surface area contributed by atoms with Crippen molar-refractivity contribution in [1.29, 1.82) is 0 Å². The van der Waals surface area contributed by atoms with E-state index in [4.69, 9.17) is 18.0 Å². The predicted octanol–water partition coefficient (Wildman–Crippen LogP) is 2.72. The van der Waals surface area contributed by atoms with Crippen molar-refractivity contribution in [3.05, 3.63) is 66.1 Å². The predicted molar refractivity (Wildman–Crippen MR) is 81.2 cm³/mol. The fourth-order valence-electron chi connectivity index (χ4n) is 2.16. The first-order chi connectivity index (χ1) is 9.24. The number of hydrogen-bond acceptors (Lipinski definition) is 2. The van der Waals surface area contributed by atoms with Crippen molar-refractivity contribution < 1.29 is 0 Å². The number of benzene rings is 1. The van der Waals surface area contributed by atoms with Crippen LogP contribution in [-0.4, -0.2) is 14.5 Å². The third-order valence-electron chi connectivity index (χ3n) is 3.13. The highest BCUT2D eigenvalue weighted by molar-refractivity contribution is 7.80. The number of rotatable bonds is 3. The summed E-state index contributed by atoms with van der Waals surface area (Å²) in [4.78, 5) is 4.56. The fourth-order valence-corrected chi connectivity index (χ4v) is 2.29. The minimum atomic E-state index is 0.427. The Bertz CT molecular complexity index is 731. The van der Waals surface area contributed by atoms with Crippen LogP contribution in [0, 0.1) is 0 Å². The SMILES string of the molecule is NC(=S)c1ccc2ccn(Cc3cccnc3)c2c1. The lowest BCUT2D eigenvalue weighted by atomic mass is 10.1. The van der Waals surface area contributed by atoms with Crippen LogP contribution < -0.4 is 5.73 Å². The van der Waals surface area contributed by atoms with Crippen molar-refractivity contribution in [3.63, 3.8) is 0 Å². The highest BCUT2D eigenvalue weighted by atomic mass is 32.1. The summed E-state index contributed by atoms with van der Waals surface area (Å²) >= 11 is 5.03. The maximum atomic E-state index is 5.69. The molecule has 0 radical (unpaired) electrons. The van der Waals surface area contributed by atoms with E-state index >= 15 is 0 Å². The lowest BCUT2D eigenvalue weighted by molar-refractivity contribution is 0.831. The molecule has 19 heavy (non-hydrogen) atoms. The molecule has 0 bridgehead atoms. The Balaban J connectivity index is 2.04. The van der Waals surface area contributed by atoms with Crippen molar-refractivity contribution in [1.82, 2.24) is 9.55 Å². The second kappa shape index (κ2) is 4.82. The van der Waals surface area contributed by atoms with Gasteiger partial charge in [0.2, 0.25) is 0 Å². The molecular formula is C15H13N3S. The molecule has 0 unspecified atom stereocenters. The number of pyridine rings is 1. The van der Waals surface area contributed by atoms with Crippen LogP contribution in [0.2, 0.25) is 0 Å². The Labute approximate surface area is 116 Å². The molecule has 2 aromatic heterocycles. The molecule has 0 saturated heterocycles. The van der Waals surface area contributed by atoms with Gasteiger partial charge < -0.3 is 10.3 Å². The molecule has 0 saturated carbocycles. The molecule has 94 valence electrons. The minimum absolute atomic E-state index is 0.427. The number of nitrogens with two attached hydrogens (primary N) is 1. The molecule has 0 aliphatic rings. The first-order valence-electron chi connectivity index (χ1n) is 6.01. The molecule has 1 aromatic carbocycles. The van der Waals surface area contributed by atoms with Crippen LogP contribution >= 0.6 is 12.2 Å². The number of aromatic nitrogens is 2. The van der Waals surface area contributed by atoms with Gasteiger partial charge in [-0.05, 0) is 29.1 Å². The van der Waals surface area contributed by atoms with Crippen LogP contribution in [0.25, 0.3) is 10.9 Å². The highest BCUT2D eigenvalue weighted by Gasteiger charge is 2.04. The summed E-state index contributed by atoms with van der Waals surface area (Å²) in [6.45, 7) is 0.790. The van der Waals surface area contributed by atoms with E-state index in [-0.39, 0.29) is 0 Å². The summed E-state index contributed by atoms with van der Waals surface area (Å²) < 4.78 is 2.17. The van der Waals surface area contributed by atoms with Crippen LogP contribution in [0.15, 0.2) is 55.0 Å². The van der Waals surface area contributed by atoms with Gasteiger partial charge in [0.1, 0.15) is 4.99 Å². The Hall–Kier alpha value is -2.20. The normalized spacial score (nSPS) is 10.7. The zero-order chi connectivity index (χ0) is 13.2. The zero-order valence-corrected chi connectivity index (χ0v) is 11.1. The topological polar surface area (TPSA) is 43.8 Å². The van der Waals surface area contributed by atoms with Crippen molar-refractivity contribution in [2.75, 3.05) is 0 Å². The van der Waals surface area contributed by atoms with Crippen molar-refractivity contribution in [2.24, 2.45) is 5.73 Å². The molecular weight excluding hydrogens is 254 g/mol. The summed E-state index contributed by atoms with van der Waals surface area (Å²) in [6.07, 6.45) is 5.73. The van der Waals surface area contributed by atoms with Gasteiger partial charge in [-0.2, -0.15) is 0 Å². The van der Waals surface area contributed by atoms with E-state index in [2.05, 4.69) is 27.9 Å². The fraction of sp³-hybridized carbons (Fsp3) is 0.0667. The van der Waals surface area contributed by atoms with Crippen molar-refractivity contribution in [2.45, 2.75) is 6.54 Å². The molecule has 0 aliphatic carbocycles. The van der Waals surface area contributed by atoms with Crippen LogP contribution in [0.3, 0.4) is 0 Å². The summed E-state index contributed by atoms with van der Waals surface area (Å²) in [6, 6.07) is 12.1. The van der Waals surface area contributed by atoms with Gasteiger partial charge >= 0.3 is 0 Å². The average Bonchev–Trinajstić information content (AvgIpc) is 2.82. The van der Waals surface area contributed by atoms with Crippen molar-refractivity contribution >= 4 is 28.1 Å². The Morgan fingerprint density at radius 3 is 2.89 bits per heavy atom. The van der Waals surface area contributed by atoms with Crippen molar-refractivity contribution in [3.8, 4) is 0 Å². The first kappa shape index (κ1) is 11.9. The van der Waals surface area contributed by atoms with Crippen LogP contribution in [0.5, 0.6) is 0 Å². The van der Waals surface area contributed by atoms with E-state index in [0.29, 0.717) is 4.99 Å². The molecule has 2 N–H and O–H groups in total. The van der Waals surface area contributed by atoms with Gasteiger partial charge in [-0.1, -0.05) is 30.4 Å². The number of nitrogens with zero attached hydrogens (tertiary/aromatic N) is 2. The molecule has 0 aliphatic heterocycles. The molecule has 3 rings (SSSR count). The first-order valence-corrected chi connectivity index (χ1v) is 6.42. The summed E-state index contributed by atoms with van der Waals surface area (Å²) in [5.74, 6) is 0. The molecule has 0 spiro atoms. The second-order valence-corrected chi connectivity index (χ2v) is 4.88. The second-order valence-electron chi connectivity index (χ2n) is 4.44. The molecule has 4 heteroatoms. The van der Waals surface area contributed by atoms with Gasteiger partial charge in [0.05, 0.1) is 0 Å². The molecule has 0 atom stereocenters. The zero-order valence-electron chi connectivity index (χ0n) is 10.3. The Morgan fingerprint density at radius 2 is 2.16 bits per heavy atom. The number of thiocarbonyl (C=S) groups is 1. The Morgan fingerprint density at radius 1 is 1.26 bits per heavy atom. The highest BCUT2D eigenvalue weighted by Crippen LogP contribution is 2.19. The maximum absolute atomic E-state index is 5.69. The third-order valence-corrected chi connectivity index (χ3v) is 3.37. The number of fused-ring (bicyclic) bond motifs is 1. The van der Waals surface area contributed by atoms with Gasteiger partial charge in [0, 0.05) is 36.2 Å². The van der Waals surface area contributed by atoms with Crippen LogP contribution in [0.1, 0.15) is 11.1 Å². The van der Waals surface area contributed by atoms with Gasteiger partial charge in [-0.3, -0.25) is 4.98 Å². The van der Waals surface area contributed by atoms with E-state index in [1.54, 1.807) is 6.20 Å². The molecule has 3 nitrogen and oxygen atoms in total. The monoisotopic (exact) mass is 267 g/mol. The average molecular weight is 267 g/mol. The smallest absolute Gasteiger partial charge is 0.104 e. The molecule has 2 heterocycles. The van der Waals surface area contributed by atoms with E-state index < -0.39 is 0 Å². The minimum Gasteiger partial charge on any atom is -0.389 e. The van der Waals surface area contributed by atoms with E-state index in [1.165, 1.54) is 10.9 Å². The van der Waals surface area contributed by atoms with E-state index in [9.17, 15) is 0 Å².